The van der Waals surface area contributed by atoms with Gasteiger partial charge in [0.15, 0.2) is 0 Å². The Kier molecular flexibility index (Phi) is 4.36. The SMILES string of the molecule is CNCc1cccc(C)c1OCCn1ccnc1. The standard InChI is InChI=1S/C14H19N3O/c1-12-4-3-5-13(10-15-2)14(12)18-9-8-17-7-6-16-11-17/h3-7,11,15H,8-10H2,1-2H3. The molecule has 1 N–H and O–H groups in total. The molecule has 0 aliphatic heterocycles. The molecule has 2 rings (SSSR count). The first-order valence-corrected chi connectivity index (χ1v) is 6.13. The quantitative estimate of drug-likeness (QED) is 0.846. The number of benzene rings is 1. The molecule has 0 aliphatic rings. The van der Waals surface area contributed by atoms with Crippen molar-refractivity contribution in [3.63, 3.8) is 0 Å². The van der Waals surface area contributed by atoms with Gasteiger partial charge in [0.25, 0.3) is 0 Å². The van der Waals surface area contributed by atoms with E-state index in [4.69, 9.17) is 4.74 Å². The summed E-state index contributed by atoms with van der Waals surface area (Å²) >= 11 is 0. The average Bonchev–Trinajstić information content (AvgIpc) is 2.86. The Morgan fingerprint density at radius 2 is 2.28 bits per heavy atom. The van der Waals surface area contributed by atoms with Gasteiger partial charge in [-0.1, -0.05) is 18.2 Å². The van der Waals surface area contributed by atoms with Crippen LogP contribution in [0.15, 0.2) is 36.9 Å². The third-order valence-corrected chi connectivity index (χ3v) is 2.82. The molecule has 0 unspecified atom stereocenters. The van der Waals surface area contributed by atoms with E-state index in [2.05, 4.69) is 35.4 Å². The molecule has 0 fully saturated rings. The van der Waals surface area contributed by atoms with Gasteiger partial charge in [-0.2, -0.15) is 0 Å². The molecule has 18 heavy (non-hydrogen) atoms. The Hall–Kier alpha value is -1.81. The normalized spacial score (nSPS) is 10.6. The van der Waals surface area contributed by atoms with E-state index in [1.165, 1.54) is 11.1 Å². The van der Waals surface area contributed by atoms with E-state index in [1.54, 1.807) is 12.5 Å². The zero-order chi connectivity index (χ0) is 12.8. The molecule has 2 aromatic rings. The molecule has 0 saturated carbocycles. The number of aryl methyl sites for hydroxylation is 1. The van der Waals surface area contributed by atoms with Crippen molar-refractivity contribution < 1.29 is 4.74 Å². The van der Waals surface area contributed by atoms with Gasteiger partial charge in [-0.05, 0) is 19.5 Å². The summed E-state index contributed by atoms with van der Waals surface area (Å²) in [6, 6.07) is 6.23. The lowest BCUT2D eigenvalue weighted by Gasteiger charge is -2.14. The van der Waals surface area contributed by atoms with E-state index in [9.17, 15) is 0 Å². The van der Waals surface area contributed by atoms with E-state index in [0.29, 0.717) is 6.61 Å². The molecule has 96 valence electrons. The molecular formula is C14H19N3O. The minimum Gasteiger partial charge on any atom is -0.491 e. The van der Waals surface area contributed by atoms with Crippen LogP contribution < -0.4 is 10.1 Å². The molecule has 0 bridgehead atoms. The van der Waals surface area contributed by atoms with E-state index in [-0.39, 0.29) is 0 Å². The van der Waals surface area contributed by atoms with Crippen LogP contribution in [0.4, 0.5) is 0 Å². The summed E-state index contributed by atoms with van der Waals surface area (Å²) in [7, 11) is 1.94. The number of hydrogen-bond acceptors (Lipinski definition) is 3. The van der Waals surface area contributed by atoms with Crippen molar-refractivity contribution in [2.45, 2.75) is 20.0 Å². The maximum atomic E-state index is 5.91. The van der Waals surface area contributed by atoms with Gasteiger partial charge in [-0.15, -0.1) is 0 Å². The van der Waals surface area contributed by atoms with Crippen LogP contribution in [0.2, 0.25) is 0 Å². The number of para-hydroxylation sites is 1. The van der Waals surface area contributed by atoms with E-state index >= 15 is 0 Å². The number of ether oxygens (including phenoxy) is 1. The molecule has 1 aromatic carbocycles. The Labute approximate surface area is 108 Å². The second-order valence-corrected chi connectivity index (χ2v) is 4.24. The zero-order valence-electron chi connectivity index (χ0n) is 10.9. The zero-order valence-corrected chi connectivity index (χ0v) is 10.9. The van der Waals surface area contributed by atoms with Gasteiger partial charge in [-0.25, -0.2) is 4.98 Å². The number of aromatic nitrogens is 2. The summed E-state index contributed by atoms with van der Waals surface area (Å²) in [5.74, 6) is 0.993. The molecular weight excluding hydrogens is 226 g/mol. The van der Waals surface area contributed by atoms with E-state index in [1.807, 2.05) is 17.8 Å². The van der Waals surface area contributed by atoms with Gasteiger partial charge < -0.3 is 14.6 Å². The third-order valence-electron chi connectivity index (χ3n) is 2.82. The second-order valence-electron chi connectivity index (χ2n) is 4.24. The monoisotopic (exact) mass is 245 g/mol. The van der Waals surface area contributed by atoms with Gasteiger partial charge >= 0.3 is 0 Å². The lowest BCUT2D eigenvalue weighted by Crippen LogP contribution is -2.11. The van der Waals surface area contributed by atoms with Gasteiger partial charge in [0.05, 0.1) is 12.9 Å². The molecule has 4 nitrogen and oxygen atoms in total. The van der Waals surface area contributed by atoms with Crippen LogP contribution in [-0.2, 0) is 13.1 Å². The maximum Gasteiger partial charge on any atom is 0.126 e. The highest BCUT2D eigenvalue weighted by molar-refractivity contribution is 5.40. The van der Waals surface area contributed by atoms with Crippen LogP contribution in [0, 0.1) is 6.92 Å². The number of nitrogens with zero attached hydrogens (tertiary/aromatic N) is 2. The van der Waals surface area contributed by atoms with Crippen LogP contribution in [0.25, 0.3) is 0 Å². The largest absolute Gasteiger partial charge is 0.491 e. The first-order chi connectivity index (χ1) is 8.81. The summed E-state index contributed by atoms with van der Waals surface area (Å²) in [4.78, 5) is 4.01. The molecule has 4 heteroatoms. The van der Waals surface area contributed by atoms with Crippen LogP contribution in [0.1, 0.15) is 11.1 Å². The lowest BCUT2D eigenvalue weighted by atomic mass is 10.1. The van der Waals surface area contributed by atoms with E-state index < -0.39 is 0 Å². The highest BCUT2D eigenvalue weighted by Crippen LogP contribution is 2.23. The number of hydrogen-bond donors (Lipinski definition) is 1. The predicted octanol–water partition coefficient (Wildman–Crippen LogP) is 1.99. The fourth-order valence-corrected chi connectivity index (χ4v) is 1.92. The molecule has 0 amide bonds. The molecule has 0 radical (unpaired) electrons. The van der Waals surface area contributed by atoms with Crippen molar-refractivity contribution in [1.82, 2.24) is 14.9 Å². The Balaban J connectivity index is 1.99. The topological polar surface area (TPSA) is 39.1 Å². The number of nitrogens with one attached hydrogen (secondary N) is 1. The highest BCUT2D eigenvalue weighted by atomic mass is 16.5. The number of rotatable bonds is 6. The van der Waals surface area contributed by atoms with Gasteiger partial charge in [0.1, 0.15) is 12.4 Å². The highest BCUT2D eigenvalue weighted by Gasteiger charge is 2.06. The average molecular weight is 245 g/mol. The minimum absolute atomic E-state index is 0.651. The van der Waals surface area contributed by atoms with Crippen LogP contribution in [-0.4, -0.2) is 23.2 Å². The van der Waals surface area contributed by atoms with Gasteiger partial charge in [-0.3, -0.25) is 0 Å². The summed E-state index contributed by atoms with van der Waals surface area (Å²) in [5, 5.41) is 3.16. The van der Waals surface area contributed by atoms with Crippen LogP contribution in [0.5, 0.6) is 5.75 Å². The van der Waals surface area contributed by atoms with Crippen molar-refractivity contribution in [2.75, 3.05) is 13.7 Å². The molecule has 0 spiro atoms. The lowest BCUT2D eigenvalue weighted by molar-refractivity contribution is 0.293. The summed E-state index contributed by atoms with van der Waals surface area (Å²) in [6.45, 7) is 4.36. The van der Waals surface area contributed by atoms with Crippen molar-refractivity contribution in [1.29, 1.82) is 0 Å². The maximum absolute atomic E-state index is 5.91. The van der Waals surface area contributed by atoms with Crippen molar-refractivity contribution in [3.05, 3.63) is 48.0 Å². The van der Waals surface area contributed by atoms with Gasteiger partial charge in [0.2, 0.25) is 0 Å². The molecule has 1 aromatic heterocycles. The first kappa shape index (κ1) is 12.6. The first-order valence-electron chi connectivity index (χ1n) is 6.13. The molecule has 1 heterocycles. The van der Waals surface area contributed by atoms with Gasteiger partial charge in [0, 0.05) is 24.5 Å². The summed E-state index contributed by atoms with van der Waals surface area (Å²) in [6.07, 6.45) is 5.52. The van der Waals surface area contributed by atoms with Crippen LogP contribution in [0.3, 0.4) is 0 Å². The van der Waals surface area contributed by atoms with Crippen molar-refractivity contribution in [3.8, 4) is 5.75 Å². The summed E-state index contributed by atoms with van der Waals surface area (Å²) in [5.41, 5.74) is 2.37. The minimum atomic E-state index is 0.651. The molecule has 0 aliphatic carbocycles. The Morgan fingerprint density at radius 1 is 1.39 bits per heavy atom. The molecule has 0 saturated heterocycles. The van der Waals surface area contributed by atoms with Crippen molar-refractivity contribution >= 4 is 0 Å². The Bertz CT molecular complexity index is 480. The second kappa shape index (κ2) is 6.21. The van der Waals surface area contributed by atoms with Crippen LogP contribution >= 0.6 is 0 Å². The predicted molar refractivity (Wildman–Crippen MR) is 71.7 cm³/mol. The fraction of sp³-hybridized carbons (Fsp3) is 0.357. The number of imidazole rings is 1. The van der Waals surface area contributed by atoms with E-state index in [0.717, 1.165) is 18.8 Å². The third kappa shape index (κ3) is 3.11. The fourth-order valence-electron chi connectivity index (χ4n) is 1.92. The summed E-state index contributed by atoms with van der Waals surface area (Å²) < 4.78 is 7.92. The molecule has 0 atom stereocenters. The smallest absolute Gasteiger partial charge is 0.126 e. The Morgan fingerprint density at radius 3 is 3.00 bits per heavy atom. The van der Waals surface area contributed by atoms with Crippen molar-refractivity contribution in [2.24, 2.45) is 0 Å².